The van der Waals surface area contributed by atoms with Gasteiger partial charge in [0.25, 0.3) is 0 Å². The lowest BCUT2D eigenvalue weighted by Crippen LogP contribution is -2.43. The summed E-state index contributed by atoms with van der Waals surface area (Å²) in [6, 6.07) is 7.90. The molecule has 0 unspecified atom stereocenters. The van der Waals surface area contributed by atoms with E-state index in [4.69, 9.17) is 4.74 Å². The molecule has 1 fully saturated rings. The molecule has 0 N–H and O–H groups in total. The molecule has 134 valence electrons. The predicted molar refractivity (Wildman–Crippen MR) is 95.3 cm³/mol. The Labute approximate surface area is 148 Å². The van der Waals surface area contributed by atoms with E-state index >= 15 is 0 Å². The van der Waals surface area contributed by atoms with Crippen LogP contribution < -0.4 is 4.74 Å². The first kappa shape index (κ1) is 17.3. The number of aromatic nitrogens is 3. The minimum atomic E-state index is 0.0752. The lowest BCUT2D eigenvalue weighted by atomic mass is 9.96. The number of amides is 2. The van der Waals surface area contributed by atoms with Crippen LogP contribution in [0.25, 0.3) is 5.69 Å². The van der Waals surface area contributed by atoms with Gasteiger partial charge in [0.2, 0.25) is 0 Å². The summed E-state index contributed by atoms with van der Waals surface area (Å²) in [6.07, 6.45) is 1.79. The van der Waals surface area contributed by atoms with Gasteiger partial charge in [-0.3, -0.25) is 0 Å². The van der Waals surface area contributed by atoms with Crippen molar-refractivity contribution in [2.75, 3.05) is 34.3 Å². The molecule has 1 aromatic carbocycles. The summed E-state index contributed by atoms with van der Waals surface area (Å²) in [4.78, 5) is 20.3. The quantitative estimate of drug-likeness (QED) is 0.859. The van der Waals surface area contributed by atoms with Gasteiger partial charge in [0.05, 0.1) is 12.8 Å². The van der Waals surface area contributed by atoms with E-state index in [1.807, 2.05) is 40.8 Å². The van der Waals surface area contributed by atoms with E-state index in [0.29, 0.717) is 5.92 Å². The monoisotopic (exact) mass is 343 g/mol. The lowest BCUT2D eigenvalue weighted by molar-refractivity contribution is 0.155. The molecule has 0 atom stereocenters. The van der Waals surface area contributed by atoms with Crippen molar-refractivity contribution in [3.8, 4) is 11.4 Å². The molecular weight excluding hydrogens is 318 g/mol. The Balaban J connectivity index is 1.78. The van der Waals surface area contributed by atoms with E-state index in [2.05, 4.69) is 10.1 Å². The van der Waals surface area contributed by atoms with Gasteiger partial charge in [-0.15, -0.1) is 0 Å². The zero-order valence-electron chi connectivity index (χ0n) is 15.3. The Bertz CT molecular complexity index is 730. The van der Waals surface area contributed by atoms with Crippen LogP contribution in [0.4, 0.5) is 4.79 Å². The van der Waals surface area contributed by atoms with E-state index in [1.54, 1.807) is 26.1 Å². The number of rotatable bonds is 3. The number of hydrogen-bond acceptors (Lipinski definition) is 4. The van der Waals surface area contributed by atoms with E-state index in [1.165, 1.54) is 0 Å². The van der Waals surface area contributed by atoms with E-state index in [0.717, 1.165) is 49.0 Å². The molecule has 1 aromatic heterocycles. The van der Waals surface area contributed by atoms with Gasteiger partial charge in [0.1, 0.15) is 17.4 Å². The Morgan fingerprint density at radius 3 is 2.40 bits per heavy atom. The number of aryl methyl sites for hydroxylation is 1. The number of nitrogens with zero attached hydrogens (tertiary/aromatic N) is 5. The van der Waals surface area contributed by atoms with Crippen LogP contribution in [0.3, 0.4) is 0 Å². The van der Waals surface area contributed by atoms with Crippen LogP contribution in [0.1, 0.15) is 30.4 Å². The maximum atomic E-state index is 12.1. The molecule has 0 radical (unpaired) electrons. The van der Waals surface area contributed by atoms with Crippen LogP contribution in [-0.4, -0.2) is 64.9 Å². The second kappa shape index (κ2) is 7.13. The predicted octanol–water partition coefficient (Wildman–Crippen LogP) is 2.45. The van der Waals surface area contributed by atoms with Crippen molar-refractivity contribution in [3.63, 3.8) is 0 Å². The molecule has 1 aliphatic heterocycles. The molecule has 2 aromatic rings. The number of methoxy groups -OCH3 is 1. The highest BCUT2D eigenvalue weighted by molar-refractivity contribution is 5.73. The van der Waals surface area contributed by atoms with Crippen LogP contribution >= 0.6 is 0 Å². The highest BCUT2D eigenvalue weighted by atomic mass is 16.5. The van der Waals surface area contributed by atoms with Crippen molar-refractivity contribution in [1.82, 2.24) is 24.6 Å². The molecule has 1 aliphatic rings. The molecule has 0 bridgehead atoms. The van der Waals surface area contributed by atoms with E-state index in [9.17, 15) is 4.79 Å². The van der Waals surface area contributed by atoms with Gasteiger partial charge < -0.3 is 14.5 Å². The fourth-order valence-corrected chi connectivity index (χ4v) is 3.22. The van der Waals surface area contributed by atoms with Crippen molar-refractivity contribution in [3.05, 3.63) is 35.9 Å². The van der Waals surface area contributed by atoms with Crippen LogP contribution in [0, 0.1) is 6.92 Å². The van der Waals surface area contributed by atoms with Gasteiger partial charge >= 0.3 is 6.03 Å². The number of hydrogen-bond donors (Lipinski definition) is 0. The van der Waals surface area contributed by atoms with Gasteiger partial charge in [-0.2, -0.15) is 5.10 Å². The maximum absolute atomic E-state index is 12.1. The number of urea groups is 1. The van der Waals surface area contributed by atoms with Gasteiger partial charge in [-0.25, -0.2) is 14.5 Å². The number of piperidine rings is 1. The normalized spacial score (nSPS) is 15.3. The summed E-state index contributed by atoms with van der Waals surface area (Å²) in [5.41, 5.74) is 0.975. The Morgan fingerprint density at radius 2 is 1.84 bits per heavy atom. The SMILES string of the molecule is COc1ccc(-n2nc(C)nc2C2CCN(C(=O)N(C)C)CC2)cc1. The van der Waals surface area contributed by atoms with Crippen molar-refractivity contribution in [2.24, 2.45) is 0 Å². The molecule has 25 heavy (non-hydrogen) atoms. The van der Waals surface area contributed by atoms with Crippen molar-refractivity contribution >= 4 is 6.03 Å². The second-order valence-corrected chi connectivity index (χ2v) is 6.57. The summed E-state index contributed by atoms with van der Waals surface area (Å²) in [5.74, 6) is 2.85. The van der Waals surface area contributed by atoms with Crippen LogP contribution in [0.2, 0.25) is 0 Å². The maximum Gasteiger partial charge on any atom is 0.319 e. The zero-order valence-corrected chi connectivity index (χ0v) is 15.3. The third kappa shape index (κ3) is 3.60. The highest BCUT2D eigenvalue weighted by Crippen LogP contribution is 2.29. The van der Waals surface area contributed by atoms with Crippen LogP contribution in [-0.2, 0) is 0 Å². The van der Waals surface area contributed by atoms with Gasteiger partial charge in [0.15, 0.2) is 0 Å². The van der Waals surface area contributed by atoms with Crippen LogP contribution in [0.15, 0.2) is 24.3 Å². The Kier molecular flexibility index (Phi) is 4.92. The minimum absolute atomic E-state index is 0.0752. The van der Waals surface area contributed by atoms with Gasteiger partial charge in [0, 0.05) is 33.1 Å². The van der Waals surface area contributed by atoms with Gasteiger partial charge in [-0.1, -0.05) is 0 Å². The molecule has 2 heterocycles. The fraction of sp³-hybridized carbons (Fsp3) is 0.500. The number of benzene rings is 1. The van der Waals surface area contributed by atoms with E-state index < -0.39 is 0 Å². The topological polar surface area (TPSA) is 63.5 Å². The second-order valence-electron chi connectivity index (χ2n) is 6.57. The summed E-state index contributed by atoms with van der Waals surface area (Å²) in [6.45, 7) is 3.40. The van der Waals surface area contributed by atoms with E-state index in [-0.39, 0.29) is 6.03 Å². The molecule has 0 saturated carbocycles. The third-order valence-electron chi connectivity index (χ3n) is 4.57. The number of carbonyl (C=O) groups excluding carboxylic acids is 1. The largest absolute Gasteiger partial charge is 0.497 e. The number of likely N-dealkylation sites (tertiary alicyclic amines) is 1. The van der Waals surface area contributed by atoms with Gasteiger partial charge in [-0.05, 0) is 44.0 Å². The molecule has 7 heteroatoms. The molecule has 2 amide bonds. The average Bonchev–Trinajstić information content (AvgIpc) is 3.03. The van der Waals surface area contributed by atoms with Crippen molar-refractivity contribution in [1.29, 1.82) is 0 Å². The summed E-state index contributed by atoms with van der Waals surface area (Å²) < 4.78 is 7.14. The fourth-order valence-electron chi connectivity index (χ4n) is 3.22. The smallest absolute Gasteiger partial charge is 0.319 e. The average molecular weight is 343 g/mol. The molecule has 0 spiro atoms. The summed E-state index contributed by atoms with van der Waals surface area (Å²) in [5, 5.41) is 4.57. The van der Waals surface area contributed by atoms with Crippen molar-refractivity contribution in [2.45, 2.75) is 25.7 Å². The first-order valence-corrected chi connectivity index (χ1v) is 8.54. The Hall–Kier alpha value is -2.57. The molecule has 1 saturated heterocycles. The number of carbonyl (C=O) groups is 1. The first-order valence-electron chi connectivity index (χ1n) is 8.54. The molecule has 3 rings (SSSR count). The summed E-state index contributed by atoms with van der Waals surface area (Å²) in [7, 11) is 5.24. The summed E-state index contributed by atoms with van der Waals surface area (Å²) >= 11 is 0. The van der Waals surface area contributed by atoms with Crippen LogP contribution in [0.5, 0.6) is 5.75 Å². The molecule has 0 aliphatic carbocycles. The highest BCUT2D eigenvalue weighted by Gasteiger charge is 2.28. The third-order valence-corrected chi connectivity index (χ3v) is 4.57. The number of ether oxygens (including phenoxy) is 1. The lowest BCUT2D eigenvalue weighted by Gasteiger charge is -2.33. The molecule has 7 nitrogen and oxygen atoms in total. The first-order chi connectivity index (χ1) is 12.0. The standard InChI is InChI=1S/C18H25N5O2/c1-13-19-17(14-9-11-22(12-10-14)18(24)21(2)3)23(20-13)15-5-7-16(25-4)8-6-15/h5-8,14H,9-12H2,1-4H3. The Morgan fingerprint density at radius 1 is 1.20 bits per heavy atom. The minimum Gasteiger partial charge on any atom is -0.497 e. The molecular formula is C18H25N5O2. The van der Waals surface area contributed by atoms with Crippen molar-refractivity contribution < 1.29 is 9.53 Å². The zero-order chi connectivity index (χ0) is 18.0.